The van der Waals surface area contributed by atoms with Gasteiger partial charge in [-0.15, -0.1) is 0 Å². The number of hydrogen-bond acceptors (Lipinski definition) is 3. The molecule has 0 aromatic heterocycles. The number of carbonyl (C=O) groups excluding carboxylic acids is 1. The Morgan fingerprint density at radius 2 is 1.81 bits per heavy atom. The predicted molar refractivity (Wildman–Crippen MR) is 64.4 cm³/mol. The second-order valence-electron chi connectivity index (χ2n) is 6.15. The van der Waals surface area contributed by atoms with Gasteiger partial charge in [-0.3, -0.25) is 4.79 Å². The third kappa shape index (κ3) is 3.03. The molecule has 0 saturated carbocycles. The highest BCUT2D eigenvalue weighted by atomic mass is 16.2. The van der Waals surface area contributed by atoms with Crippen LogP contribution in [-0.2, 0) is 4.79 Å². The maximum Gasteiger partial charge on any atom is 0.251 e. The van der Waals surface area contributed by atoms with Crippen LogP contribution in [0.2, 0.25) is 0 Å². The maximum absolute atomic E-state index is 12.3. The molecule has 0 aliphatic carbocycles. The van der Waals surface area contributed by atoms with Gasteiger partial charge in [-0.1, -0.05) is 13.8 Å². The van der Waals surface area contributed by atoms with Crippen LogP contribution in [0, 0.1) is 5.92 Å². The van der Waals surface area contributed by atoms with Crippen LogP contribution in [-0.4, -0.2) is 35.0 Å². The molecule has 1 heterocycles. The summed E-state index contributed by atoms with van der Waals surface area (Å²) in [4.78, 5) is 14.2. The fraction of sp³-hybridized carbons (Fsp3) is 0.917. The van der Waals surface area contributed by atoms with Crippen molar-refractivity contribution in [3.05, 3.63) is 0 Å². The van der Waals surface area contributed by atoms with Crippen LogP contribution in [0.3, 0.4) is 0 Å². The summed E-state index contributed by atoms with van der Waals surface area (Å²) < 4.78 is 0. The fourth-order valence-corrected chi connectivity index (χ4v) is 1.85. The van der Waals surface area contributed by atoms with E-state index in [2.05, 4.69) is 24.1 Å². The molecule has 0 radical (unpaired) electrons. The second-order valence-corrected chi connectivity index (χ2v) is 6.15. The Morgan fingerprint density at radius 1 is 1.25 bits per heavy atom. The third-order valence-electron chi connectivity index (χ3n) is 2.54. The van der Waals surface area contributed by atoms with Crippen LogP contribution in [0.15, 0.2) is 10.2 Å². The molecule has 1 aliphatic rings. The van der Waals surface area contributed by atoms with Crippen molar-refractivity contribution < 1.29 is 4.79 Å². The summed E-state index contributed by atoms with van der Waals surface area (Å²) in [7, 11) is 0. The zero-order chi connectivity index (χ0) is 12.6. The van der Waals surface area contributed by atoms with Gasteiger partial charge in [0, 0.05) is 13.1 Å². The Bertz CT molecular complexity index is 305. The molecular formula is C12H23N3O. The second kappa shape index (κ2) is 4.15. The van der Waals surface area contributed by atoms with E-state index in [1.165, 1.54) is 0 Å². The van der Waals surface area contributed by atoms with Crippen molar-refractivity contribution in [1.82, 2.24) is 4.90 Å². The van der Waals surface area contributed by atoms with Gasteiger partial charge in [0.05, 0.1) is 5.54 Å². The van der Waals surface area contributed by atoms with Gasteiger partial charge in [-0.25, -0.2) is 0 Å². The number of rotatable bonds is 2. The Morgan fingerprint density at radius 3 is 2.31 bits per heavy atom. The smallest absolute Gasteiger partial charge is 0.251 e. The minimum atomic E-state index is -0.720. The molecule has 0 fully saturated rings. The van der Waals surface area contributed by atoms with Crippen molar-refractivity contribution in [3.8, 4) is 0 Å². The molecule has 92 valence electrons. The highest BCUT2D eigenvalue weighted by molar-refractivity contribution is 5.85. The van der Waals surface area contributed by atoms with Gasteiger partial charge in [0.15, 0.2) is 5.54 Å². The summed E-state index contributed by atoms with van der Waals surface area (Å²) in [6.45, 7) is 13.3. The molecule has 0 bridgehead atoms. The predicted octanol–water partition coefficient (Wildman–Crippen LogP) is 2.49. The Hall–Kier alpha value is -0.930. The first-order valence-electron chi connectivity index (χ1n) is 5.87. The SMILES string of the molecule is CC(C)CN1CC(C)(C)N=NC(C)(C)C1=O. The first kappa shape index (κ1) is 13.1. The average Bonchev–Trinajstić information content (AvgIpc) is 2.17. The van der Waals surface area contributed by atoms with Gasteiger partial charge in [0.25, 0.3) is 5.91 Å². The summed E-state index contributed by atoms with van der Waals surface area (Å²) in [5, 5.41) is 8.46. The standard InChI is InChI=1S/C12H23N3O/c1-9(2)7-15-8-11(3,4)13-14-12(5,6)10(15)16/h9H,7-8H2,1-6H3. The molecule has 1 aliphatic heterocycles. The lowest BCUT2D eigenvalue weighted by molar-refractivity contribution is -0.136. The topological polar surface area (TPSA) is 45.0 Å². The molecule has 4 heteroatoms. The van der Waals surface area contributed by atoms with Crippen molar-refractivity contribution in [3.63, 3.8) is 0 Å². The Balaban J connectivity index is 2.97. The molecule has 1 rings (SSSR count). The average molecular weight is 225 g/mol. The number of azo groups is 1. The number of hydrogen-bond donors (Lipinski definition) is 0. The maximum atomic E-state index is 12.3. The van der Waals surface area contributed by atoms with E-state index in [4.69, 9.17) is 0 Å². The van der Waals surface area contributed by atoms with E-state index >= 15 is 0 Å². The van der Waals surface area contributed by atoms with Gasteiger partial charge < -0.3 is 4.90 Å². The van der Waals surface area contributed by atoms with Crippen molar-refractivity contribution >= 4 is 5.91 Å². The Kier molecular flexibility index (Phi) is 3.41. The van der Waals surface area contributed by atoms with Gasteiger partial charge in [-0.2, -0.15) is 10.2 Å². The van der Waals surface area contributed by atoms with E-state index in [1.54, 1.807) is 0 Å². The molecule has 0 atom stereocenters. The molecule has 4 nitrogen and oxygen atoms in total. The van der Waals surface area contributed by atoms with Crippen LogP contribution >= 0.6 is 0 Å². The van der Waals surface area contributed by atoms with Crippen molar-refractivity contribution in [1.29, 1.82) is 0 Å². The monoisotopic (exact) mass is 225 g/mol. The lowest BCUT2D eigenvalue weighted by Gasteiger charge is -2.30. The summed E-state index contributed by atoms with van der Waals surface area (Å²) in [5.41, 5.74) is -0.999. The summed E-state index contributed by atoms with van der Waals surface area (Å²) in [6, 6.07) is 0. The number of carbonyl (C=O) groups is 1. The van der Waals surface area contributed by atoms with Crippen molar-refractivity contribution in [2.75, 3.05) is 13.1 Å². The van der Waals surface area contributed by atoms with E-state index in [9.17, 15) is 4.79 Å². The van der Waals surface area contributed by atoms with Gasteiger partial charge in [0.2, 0.25) is 0 Å². The zero-order valence-electron chi connectivity index (χ0n) is 11.2. The normalized spacial score (nSPS) is 23.7. The molecular weight excluding hydrogens is 202 g/mol. The van der Waals surface area contributed by atoms with Crippen molar-refractivity contribution in [2.45, 2.75) is 52.6 Å². The minimum absolute atomic E-state index is 0.0792. The van der Waals surface area contributed by atoms with Gasteiger partial charge >= 0.3 is 0 Å². The highest BCUT2D eigenvalue weighted by Gasteiger charge is 2.38. The van der Waals surface area contributed by atoms with Crippen LogP contribution in [0.5, 0.6) is 0 Å². The fourth-order valence-electron chi connectivity index (χ4n) is 1.85. The van der Waals surface area contributed by atoms with Crippen LogP contribution in [0.4, 0.5) is 0 Å². The number of amides is 1. The molecule has 0 aromatic rings. The summed E-state index contributed by atoms with van der Waals surface area (Å²) in [6.07, 6.45) is 0. The largest absolute Gasteiger partial charge is 0.338 e. The van der Waals surface area contributed by atoms with Crippen LogP contribution in [0.25, 0.3) is 0 Å². The van der Waals surface area contributed by atoms with E-state index in [0.29, 0.717) is 12.5 Å². The summed E-state index contributed by atoms with van der Waals surface area (Å²) in [5.74, 6) is 0.546. The van der Waals surface area contributed by atoms with E-state index < -0.39 is 5.54 Å². The third-order valence-corrected chi connectivity index (χ3v) is 2.54. The zero-order valence-corrected chi connectivity index (χ0v) is 11.2. The van der Waals surface area contributed by atoms with Crippen molar-refractivity contribution in [2.24, 2.45) is 16.1 Å². The quantitative estimate of drug-likeness (QED) is 0.712. The van der Waals surface area contributed by atoms with E-state index in [0.717, 1.165) is 6.54 Å². The first-order valence-corrected chi connectivity index (χ1v) is 5.87. The van der Waals surface area contributed by atoms with Gasteiger partial charge in [0.1, 0.15) is 0 Å². The lowest BCUT2D eigenvalue weighted by atomic mass is 10.0. The Labute approximate surface area is 98.1 Å². The van der Waals surface area contributed by atoms with E-state index in [1.807, 2.05) is 32.6 Å². The molecule has 1 amide bonds. The highest BCUT2D eigenvalue weighted by Crippen LogP contribution is 2.25. The molecule has 0 saturated heterocycles. The molecule has 16 heavy (non-hydrogen) atoms. The van der Waals surface area contributed by atoms with Crippen LogP contribution in [0.1, 0.15) is 41.5 Å². The lowest BCUT2D eigenvalue weighted by Crippen LogP contribution is -2.47. The molecule has 0 N–H and O–H groups in total. The summed E-state index contributed by atoms with van der Waals surface area (Å²) >= 11 is 0. The first-order chi connectivity index (χ1) is 7.14. The van der Waals surface area contributed by atoms with Gasteiger partial charge in [-0.05, 0) is 33.6 Å². The van der Waals surface area contributed by atoms with E-state index in [-0.39, 0.29) is 11.4 Å². The number of nitrogens with zero attached hydrogens (tertiary/aromatic N) is 3. The minimum Gasteiger partial charge on any atom is -0.338 e. The molecule has 0 aromatic carbocycles. The molecule has 0 unspecified atom stereocenters. The molecule has 0 spiro atoms. The van der Waals surface area contributed by atoms with Crippen LogP contribution < -0.4 is 0 Å².